The Bertz CT molecular complexity index is 541. The number of ether oxygens (including phenoxy) is 1. The highest BCUT2D eigenvalue weighted by atomic mass is 16.5. The molecule has 0 radical (unpaired) electrons. The summed E-state index contributed by atoms with van der Waals surface area (Å²) in [5, 5.41) is 7.41. The van der Waals surface area contributed by atoms with Gasteiger partial charge in [0.15, 0.2) is 5.82 Å². The number of aryl methyl sites for hydroxylation is 2. The molecule has 0 spiro atoms. The fourth-order valence-electron chi connectivity index (χ4n) is 2.41. The Hall–Kier alpha value is -1.72. The van der Waals surface area contributed by atoms with Gasteiger partial charge in [0, 0.05) is 13.0 Å². The maximum atomic E-state index is 5.59. The van der Waals surface area contributed by atoms with Crippen LogP contribution in [0.3, 0.4) is 0 Å². The lowest BCUT2D eigenvalue weighted by molar-refractivity contribution is -0.00136. The quantitative estimate of drug-likeness (QED) is 0.922. The number of hydrogen-bond acceptors (Lipinski definition) is 5. The van der Waals surface area contributed by atoms with Crippen LogP contribution in [0, 0.1) is 0 Å². The van der Waals surface area contributed by atoms with Crippen molar-refractivity contribution in [1.29, 1.82) is 0 Å². The van der Waals surface area contributed by atoms with E-state index >= 15 is 0 Å². The maximum absolute atomic E-state index is 5.59. The average Bonchev–Trinajstić information content (AvgIpc) is 2.95. The second-order valence-corrected chi connectivity index (χ2v) is 5.04. The number of aromatic nitrogens is 2. The molecule has 0 aliphatic carbocycles. The molecule has 0 unspecified atom stereocenters. The predicted molar refractivity (Wildman–Crippen MR) is 74.3 cm³/mol. The maximum Gasteiger partial charge on any atom is 0.246 e. The van der Waals surface area contributed by atoms with E-state index in [9.17, 15) is 0 Å². The van der Waals surface area contributed by atoms with Gasteiger partial charge in [0.25, 0.3) is 0 Å². The topological polar surface area (TPSA) is 60.2 Å². The van der Waals surface area contributed by atoms with E-state index in [0.717, 1.165) is 31.8 Å². The van der Waals surface area contributed by atoms with Crippen molar-refractivity contribution in [2.24, 2.45) is 0 Å². The molecule has 5 nitrogen and oxygen atoms in total. The van der Waals surface area contributed by atoms with E-state index < -0.39 is 0 Å². The molecule has 0 bridgehead atoms. The summed E-state index contributed by atoms with van der Waals surface area (Å²) < 4.78 is 11.0. The predicted octanol–water partition coefficient (Wildman–Crippen LogP) is 1.90. The van der Waals surface area contributed by atoms with Crippen LogP contribution in [0.1, 0.15) is 30.2 Å². The van der Waals surface area contributed by atoms with Crippen LogP contribution in [-0.4, -0.2) is 29.4 Å². The van der Waals surface area contributed by atoms with Crippen molar-refractivity contribution in [2.45, 2.75) is 31.9 Å². The molecule has 1 aliphatic rings. The Labute approximate surface area is 118 Å². The summed E-state index contributed by atoms with van der Waals surface area (Å²) >= 11 is 0. The Morgan fingerprint density at radius 1 is 1.25 bits per heavy atom. The van der Waals surface area contributed by atoms with Gasteiger partial charge >= 0.3 is 0 Å². The zero-order valence-corrected chi connectivity index (χ0v) is 11.6. The van der Waals surface area contributed by atoms with Gasteiger partial charge in [-0.2, -0.15) is 4.98 Å². The van der Waals surface area contributed by atoms with E-state index in [4.69, 9.17) is 9.26 Å². The summed E-state index contributed by atoms with van der Waals surface area (Å²) in [6.45, 7) is 3.56. The fourth-order valence-corrected chi connectivity index (χ4v) is 2.41. The van der Waals surface area contributed by atoms with E-state index in [0.29, 0.717) is 5.89 Å². The van der Waals surface area contributed by atoms with Crippen LogP contribution in [0.15, 0.2) is 34.9 Å². The molecule has 2 atom stereocenters. The minimum Gasteiger partial charge on any atom is -0.375 e. The molecule has 1 fully saturated rings. The van der Waals surface area contributed by atoms with Crippen LogP contribution in [0.25, 0.3) is 0 Å². The van der Waals surface area contributed by atoms with Crippen LogP contribution >= 0.6 is 0 Å². The Morgan fingerprint density at radius 3 is 2.90 bits per heavy atom. The molecular weight excluding hydrogens is 254 g/mol. The fraction of sp³-hybridized carbons (Fsp3) is 0.467. The summed E-state index contributed by atoms with van der Waals surface area (Å²) in [7, 11) is 0. The van der Waals surface area contributed by atoms with Gasteiger partial charge in [-0.05, 0) is 18.9 Å². The smallest absolute Gasteiger partial charge is 0.246 e. The normalized spacial score (nSPS) is 22.9. The molecule has 1 aromatic heterocycles. The van der Waals surface area contributed by atoms with Crippen LogP contribution in [0.2, 0.25) is 0 Å². The van der Waals surface area contributed by atoms with Gasteiger partial charge in [-0.3, -0.25) is 0 Å². The third kappa shape index (κ3) is 3.05. The molecule has 1 aromatic carbocycles. The highest BCUT2D eigenvalue weighted by Crippen LogP contribution is 2.20. The molecule has 3 rings (SSSR count). The van der Waals surface area contributed by atoms with Gasteiger partial charge in [0.2, 0.25) is 5.89 Å². The van der Waals surface area contributed by atoms with E-state index in [1.165, 1.54) is 5.56 Å². The molecule has 2 aromatic rings. The summed E-state index contributed by atoms with van der Waals surface area (Å²) in [5.41, 5.74) is 1.28. The van der Waals surface area contributed by atoms with Crippen molar-refractivity contribution in [3.8, 4) is 0 Å². The van der Waals surface area contributed by atoms with Crippen molar-refractivity contribution in [3.63, 3.8) is 0 Å². The molecule has 1 N–H and O–H groups in total. The first-order valence-corrected chi connectivity index (χ1v) is 7.04. The first-order valence-electron chi connectivity index (χ1n) is 7.04. The monoisotopic (exact) mass is 273 g/mol. The molecule has 5 heteroatoms. The van der Waals surface area contributed by atoms with Crippen LogP contribution in [-0.2, 0) is 17.6 Å². The van der Waals surface area contributed by atoms with Crippen molar-refractivity contribution in [3.05, 3.63) is 47.6 Å². The minimum absolute atomic E-state index is 0.00160. The molecule has 1 saturated heterocycles. The molecule has 106 valence electrons. The number of benzene rings is 1. The zero-order chi connectivity index (χ0) is 13.8. The molecule has 0 amide bonds. The third-order valence-corrected chi connectivity index (χ3v) is 3.55. The van der Waals surface area contributed by atoms with Gasteiger partial charge in [0.05, 0.1) is 12.7 Å². The SMILES string of the molecule is C[C@H]1OCCN[C@@H]1c1nc(CCc2ccccc2)no1. The van der Waals surface area contributed by atoms with E-state index in [1.54, 1.807) is 0 Å². The second-order valence-electron chi connectivity index (χ2n) is 5.04. The van der Waals surface area contributed by atoms with Crippen molar-refractivity contribution in [2.75, 3.05) is 13.2 Å². The number of morpholine rings is 1. The summed E-state index contributed by atoms with van der Waals surface area (Å²) in [6, 6.07) is 10.3. The Balaban J connectivity index is 1.62. The van der Waals surface area contributed by atoms with E-state index in [1.807, 2.05) is 25.1 Å². The van der Waals surface area contributed by atoms with Crippen molar-refractivity contribution >= 4 is 0 Å². The Kier molecular flexibility index (Phi) is 4.08. The van der Waals surface area contributed by atoms with Crippen LogP contribution in [0.4, 0.5) is 0 Å². The first-order chi connectivity index (χ1) is 9.83. The second kappa shape index (κ2) is 6.15. The lowest BCUT2D eigenvalue weighted by atomic mass is 10.1. The standard InChI is InChI=1S/C15H19N3O2/c1-11-14(16-9-10-19-11)15-17-13(18-20-15)8-7-12-5-3-2-4-6-12/h2-6,11,14,16H,7-10H2,1H3/t11-,14+/m1/s1. The average molecular weight is 273 g/mol. The number of rotatable bonds is 4. The van der Waals surface area contributed by atoms with Crippen LogP contribution < -0.4 is 5.32 Å². The lowest BCUT2D eigenvalue weighted by Gasteiger charge is -2.27. The summed E-state index contributed by atoms with van der Waals surface area (Å²) in [5.74, 6) is 1.38. The van der Waals surface area contributed by atoms with Gasteiger partial charge < -0.3 is 14.6 Å². The summed E-state index contributed by atoms with van der Waals surface area (Å²) in [6.07, 6.45) is 1.77. The van der Waals surface area contributed by atoms with Gasteiger partial charge in [0.1, 0.15) is 6.04 Å². The van der Waals surface area contributed by atoms with E-state index in [-0.39, 0.29) is 12.1 Å². The number of hydrogen-bond donors (Lipinski definition) is 1. The van der Waals surface area contributed by atoms with Crippen LogP contribution in [0.5, 0.6) is 0 Å². The number of nitrogens with zero attached hydrogens (tertiary/aromatic N) is 2. The highest BCUT2D eigenvalue weighted by Gasteiger charge is 2.28. The molecule has 2 heterocycles. The largest absolute Gasteiger partial charge is 0.375 e. The van der Waals surface area contributed by atoms with Gasteiger partial charge in [-0.25, -0.2) is 0 Å². The molecule has 1 aliphatic heterocycles. The van der Waals surface area contributed by atoms with Gasteiger partial charge in [-0.1, -0.05) is 35.5 Å². The van der Waals surface area contributed by atoms with Crippen molar-refractivity contribution in [1.82, 2.24) is 15.5 Å². The zero-order valence-electron chi connectivity index (χ0n) is 11.6. The minimum atomic E-state index is 0.00160. The molecular formula is C15H19N3O2. The lowest BCUT2D eigenvalue weighted by Crippen LogP contribution is -2.40. The third-order valence-electron chi connectivity index (χ3n) is 3.55. The molecule has 20 heavy (non-hydrogen) atoms. The first kappa shape index (κ1) is 13.3. The van der Waals surface area contributed by atoms with E-state index in [2.05, 4.69) is 27.6 Å². The van der Waals surface area contributed by atoms with Crippen molar-refractivity contribution < 1.29 is 9.26 Å². The Morgan fingerprint density at radius 2 is 2.10 bits per heavy atom. The highest BCUT2D eigenvalue weighted by molar-refractivity contribution is 5.15. The molecule has 0 saturated carbocycles. The summed E-state index contributed by atoms with van der Waals surface area (Å²) in [4.78, 5) is 4.48. The number of nitrogens with one attached hydrogen (secondary N) is 1. The van der Waals surface area contributed by atoms with Gasteiger partial charge in [-0.15, -0.1) is 0 Å².